The molecule has 0 radical (unpaired) electrons. The van der Waals surface area contributed by atoms with Crippen LogP contribution in [0.3, 0.4) is 0 Å². The van der Waals surface area contributed by atoms with E-state index in [-0.39, 0.29) is 5.91 Å². The third-order valence-electron chi connectivity index (χ3n) is 3.71. The van der Waals surface area contributed by atoms with Crippen LogP contribution in [-0.2, 0) is 4.79 Å². The van der Waals surface area contributed by atoms with Crippen LogP contribution in [0.15, 0.2) is 18.2 Å². The van der Waals surface area contributed by atoms with Crippen molar-refractivity contribution in [2.75, 3.05) is 32.0 Å². The van der Waals surface area contributed by atoms with Gasteiger partial charge in [-0.2, -0.15) is 0 Å². The molecule has 1 aromatic carbocycles. The number of hydrogen-bond donors (Lipinski definition) is 1. The van der Waals surface area contributed by atoms with E-state index in [4.69, 9.17) is 0 Å². The van der Waals surface area contributed by atoms with Gasteiger partial charge in [0, 0.05) is 5.69 Å². The van der Waals surface area contributed by atoms with Crippen molar-refractivity contribution in [2.45, 2.75) is 27.7 Å². The van der Waals surface area contributed by atoms with Crippen molar-refractivity contribution in [2.24, 2.45) is 0 Å². The lowest BCUT2D eigenvalue weighted by Gasteiger charge is -2.31. The van der Waals surface area contributed by atoms with Crippen molar-refractivity contribution >= 4 is 11.6 Å². The number of hydrogen-bond acceptors (Lipinski definition) is 1. The molecule has 18 heavy (non-hydrogen) atoms. The summed E-state index contributed by atoms with van der Waals surface area (Å²) in [7, 11) is 2.11. The number of anilines is 1. The Balaban J connectivity index is 2.70. The van der Waals surface area contributed by atoms with Crippen LogP contribution in [0.25, 0.3) is 0 Å². The van der Waals surface area contributed by atoms with Crippen molar-refractivity contribution in [1.82, 2.24) is 0 Å². The number of quaternary nitrogens is 1. The summed E-state index contributed by atoms with van der Waals surface area (Å²) in [6.07, 6.45) is 0. The highest BCUT2D eigenvalue weighted by molar-refractivity contribution is 5.92. The molecule has 1 rings (SSSR count). The standard InChI is InChI=1S/C15H24N2O/c1-6-17(5,7-2)11-15(18)16-14-9-8-12(3)10-13(14)4/h8-10H,6-7,11H2,1-5H3/p+1. The zero-order valence-electron chi connectivity index (χ0n) is 12.2. The Morgan fingerprint density at radius 2 is 1.83 bits per heavy atom. The highest BCUT2D eigenvalue weighted by atomic mass is 16.2. The number of likely N-dealkylation sites (N-methyl/N-ethyl adjacent to an activating group) is 1. The Labute approximate surface area is 110 Å². The fourth-order valence-corrected chi connectivity index (χ4v) is 1.94. The molecule has 0 unspecified atom stereocenters. The molecule has 0 spiro atoms. The Bertz CT molecular complexity index is 423. The van der Waals surface area contributed by atoms with Crippen LogP contribution in [0.2, 0.25) is 0 Å². The van der Waals surface area contributed by atoms with E-state index in [1.165, 1.54) is 5.56 Å². The van der Waals surface area contributed by atoms with Crippen LogP contribution in [0.5, 0.6) is 0 Å². The highest BCUT2D eigenvalue weighted by Crippen LogP contribution is 2.16. The molecular formula is C15H25N2O+. The van der Waals surface area contributed by atoms with Crippen LogP contribution in [0.4, 0.5) is 5.69 Å². The van der Waals surface area contributed by atoms with Gasteiger partial charge in [0.1, 0.15) is 0 Å². The van der Waals surface area contributed by atoms with Gasteiger partial charge in [0.25, 0.3) is 5.91 Å². The molecule has 1 aromatic rings. The van der Waals surface area contributed by atoms with Gasteiger partial charge in [0.2, 0.25) is 0 Å². The van der Waals surface area contributed by atoms with Gasteiger partial charge in [-0.1, -0.05) is 17.7 Å². The van der Waals surface area contributed by atoms with Crippen LogP contribution >= 0.6 is 0 Å². The number of carbonyl (C=O) groups is 1. The molecule has 0 heterocycles. The molecule has 0 aromatic heterocycles. The first kappa shape index (κ1) is 14.7. The molecule has 0 saturated carbocycles. The summed E-state index contributed by atoms with van der Waals surface area (Å²) in [6, 6.07) is 6.09. The highest BCUT2D eigenvalue weighted by Gasteiger charge is 2.21. The van der Waals surface area contributed by atoms with Gasteiger partial charge < -0.3 is 9.80 Å². The number of rotatable bonds is 5. The SMILES string of the molecule is CC[N+](C)(CC)CC(=O)Nc1ccc(C)cc1C. The third kappa shape index (κ3) is 3.84. The summed E-state index contributed by atoms with van der Waals surface area (Å²) in [5, 5.41) is 3.01. The fraction of sp³-hybridized carbons (Fsp3) is 0.533. The lowest BCUT2D eigenvalue weighted by molar-refractivity contribution is -0.898. The van der Waals surface area contributed by atoms with Crippen LogP contribution in [-0.4, -0.2) is 37.1 Å². The summed E-state index contributed by atoms with van der Waals surface area (Å²) < 4.78 is 0.775. The topological polar surface area (TPSA) is 29.1 Å². The minimum Gasteiger partial charge on any atom is -0.321 e. The third-order valence-corrected chi connectivity index (χ3v) is 3.71. The van der Waals surface area contributed by atoms with E-state index in [1.807, 2.05) is 19.1 Å². The van der Waals surface area contributed by atoms with Gasteiger partial charge in [-0.15, -0.1) is 0 Å². The van der Waals surface area contributed by atoms with E-state index in [1.54, 1.807) is 0 Å². The van der Waals surface area contributed by atoms with Gasteiger partial charge in [0.05, 0.1) is 20.1 Å². The molecule has 100 valence electrons. The maximum absolute atomic E-state index is 12.1. The number of carbonyl (C=O) groups excluding carboxylic acids is 1. The number of nitrogens with one attached hydrogen (secondary N) is 1. The van der Waals surface area contributed by atoms with Crippen LogP contribution in [0, 0.1) is 13.8 Å². The summed E-state index contributed by atoms with van der Waals surface area (Å²) in [5.41, 5.74) is 3.25. The summed E-state index contributed by atoms with van der Waals surface area (Å²) in [6.45, 7) is 10.8. The number of amides is 1. The Hall–Kier alpha value is -1.35. The monoisotopic (exact) mass is 249 g/mol. The molecule has 0 aliphatic carbocycles. The maximum Gasteiger partial charge on any atom is 0.279 e. The van der Waals surface area contributed by atoms with E-state index in [0.717, 1.165) is 28.8 Å². The molecule has 0 saturated heterocycles. The van der Waals surface area contributed by atoms with Crippen LogP contribution in [0.1, 0.15) is 25.0 Å². The second-order valence-electron chi connectivity index (χ2n) is 5.28. The predicted octanol–water partition coefficient (Wildman–Crippen LogP) is 2.73. The first-order valence-corrected chi connectivity index (χ1v) is 6.61. The second kappa shape index (κ2) is 6.01. The minimum absolute atomic E-state index is 0.0909. The van der Waals surface area contributed by atoms with E-state index in [0.29, 0.717) is 6.54 Å². The Morgan fingerprint density at radius 3 is 2.33 bits per heavy atom. The van der Waals surface area contributed by atoms with Crippen molar-refractivity contribution in [3.05, 3.63) is 29.3 Å². The first-order chi connectivity index (χ1) is 8.40. The van der Waals surface area contributed by atoms with E-state index in [2.05, 4.69) is 39.2 Å². The molecule has 3 heteroatoms. The summed E-state index contributed by atoms with van der Waals surface area (Å²) >= 11 is 0. The van der Waals surface area contributed by atoms with E-state index < -0.39 is 0 Å². The molecule has 1 amide bonds. The number of nitrogens with zero attached hydrogens (tertiary/aromatic N) is 1. The average Bonchev–Trinajstić information content (AvgIpc) is 2.32. The van der Waals surface area contributed by atoms with E-state index in [9.17, 15) is 4.79 Å². The molecule has 0 aliphatic rings. The van der Waals surface area contributed by atoms with Crippen molar-refractivity contribution in [3.63, 3.8) is 0 Å². The molecule has 3 nitrogen and oxygen atoms in total. The predicted molar refractivity (Wildman–Crippen MR) is 76.7 cm³/mol. The van der Waals surface area contributed by atoms with Gasteiger partial charge in [-0.05, 0) is 39.3 Å². The maximum atomic E-state index is 12.1. The van der Waals surface area contributed by atoms with Crippen molar-refractivity contribution in [3.8, 4) is 0 Å². The van der Waals surface area contributed by atoms with Gasteiger partial charge in [0.15, 0.2) is 6.54 Å². The lowest BCUT2D eigenvalue weighted by Crippen LogP contribution is -2.48. The molecule has 1 N–H and O–H groups in total. The first-order valence-electron chi connectivity index (χ1n) is 6.61. The quantitative estimate of drug-likeness (QED) is 0.799. The molecule has 0 fully saturated rings. The molecule has 0 bridgehead atoms. The largest absolute Gasteiger partial charge is 0.321 e. The Kier molecular flexibility index (Phi) is 4.91. The summed E-state index contributed by atoms with van der Waals surface area (Å²) in [5.74, 6) is 0.0909. The van der Waals surface area contributed by atoms with Gasteiger partial charge in [-0.25, -0.2) is 0 Å². The van der Waals surface area contributed by atoms with Gasteiger partial charge in [-0.3, -0.25) is 4.79 Å². The second-order valence-corrected chi connectivity index (χ2v) is 5.28. The van der Waals surface area contributed by atoms with Gasteiger partial charge >= 0.3 is 0 Å². The minimum atomic E-state index is 0.0909. The normalized spacial score (nSPS) is 11.4. The number of aryl methyl sites for hydroxylation is 2. The average molecular weight is 249 g/mol. The summed E-state index contributed by atoms with van der Waals surface area (Å²) in [4.78, 5) is 12.1. The van der Waals surface area contributed by atoms with Crippen molar-refractivity contribution in [1.29, 1.82) is 0 Å². The van der Waals surface area contributed by atoms with E-state index >= 15 is 0 Å². The molecular weight excluding hydrogens is 224 g/mol. The molecule has 0 atom stereocenters. The zero-order valence-corrected chi connectivity index (χ0v) is 12.2. The number of benzene rings is 1. The van der Waals surface area contributed by atoms with Crippen LogP contribution < -0.4 is 5.32 Å². The zero-order chi connectivity index (χ0) is 13.8. The fourth-order valence-electron chi connectivity index (χ4n) is 1.94. The lowest BCUT2D eigenvalue weighted by atomic mass is 10.1. The Morgan fingerprint density at radius 1 is 1.22 bits per heavy atom. The van der Waals surface area contributed by atoms with Crippen molar-refractivity contribution < 1.29 is 9.28 Å². The smallest absolute Gasteiger partial charge is 0.279 e. The molecule has 0 aliphatic heterocycles.